The van der Waals surface area contributed by atoms with Gasteiger partial charge in [-0.3, -0.25) is 0 Å². The summed E-state index contributed by atoms with van der Waals surface area (Å²) in [7, 11) is 0. The molecule has 0 saturated carbocycles. The normalized spacial score (nSPS) is 9.31. The van der Waals surface area contributed by atoms with Gasteiger partial charge in [0.2, 0.25) is 0 Å². The molecular weight excluding hydrogens is 167 g/mol. The molecule has 0 radical (unpaired) electrons. The summed E-state index contributed by atoms with van der Waals surface area (Å²) in [5, 5.41) is 0. The summed E-state index contributed by atoms with van der Waals surface area (Å²) < 4.78 is 4.95. The maximum absolute atomic E-state index is 11.0. The van der Waals surface area contributed by atoms with E-state index in [1.54, 1.807) is 6.92 Å². The molecular formula is C11H12O2. The van der Waals surface area contributed by atoms with Crippen molar-refractivity contribution in [3.63, 3.8) is 0 Å². The Hall–Kier alpha value is -1.57. The number of carbonyl (C=O) groups excluding carboxylic acids is 1. The number of rotatable bonds is 3. The van der Waals surface area contributed by atoms with Crippen LogP contribution in [0.15, 0.2) is 42.5 Å². The molecule has 0 heterocycles. The standard InChI is InChI=1S/C11H12O2/c1-9(2)11(12)13-8-10-6-4-3-5-7-10/h3-7H,1,8H2,2H3/i2+1,9+1,11+1. The highest BCUT2D eigenvalue weighted by Gasteiger charge is 2.02. The summed E-state index contributed by atoms with van der Waals surface area (Å²) in [4.78, 5) is 11.0. The van der Waals surface area contributed by atoms with Gasteiger partial charge in [0.15, 0.2) is 0 Å². The molecule has 1 aromatic rings. The van der Waals surface area contributed by atoms with E-state index >= 15 is 0 Å². The van der Waals surface area contributed by atoms with Gasteiger partial charge in [0.05, 0.1) is 0 Å². The minimum Gasteiger partial charge on any atom is -0.457 e. The number of hydrogen-bond donors (Lipinski definition) is 0. The van der Waals surface area contributed by atoms with Crippen molar-refractivity contribution in [2.45, 2.75) is 13.5 Å². The third kappa shape index (κ3) is 3.11. The Labute approximate surface area is 77.8 Å². The maximum Gasteiger partial charge on any atom is 0.333 e. The van der Waals surface area contributed by atoms with E-state index in [4.69, 9.17) is 4.74 Å². The van der Waals surface area contributed by atoms with Gasteiger partial charge in [0, 0.05) is 5.57 Å². The van der Waals surface area contributed by atoms with Crippen LogP contribution in [0, 0.1) is 0 Å². The lowest BCUT2D eigenvalue weighted by Crippen LogP contribution is -2.04. The quantitative estimate of drug-likeness (QED) is 0.404. The largest absolute Gasteiger partial charge is 0.457 e. The summed E-state index contributed by atoms with van der Waals surface area (Å²) in [6, 6.07) is 9.55. The van der Waals surface area contributed by atoms with Crippen LogP contribution < -0.4 is 0 Å². The van der Waals surface area contributed by atoms with Gasteiger partial charge in [-0.15, -0.1) is 0 Å². The Morgan fingerprint density at radius 1 is 1.38 bits per heavy atom. The fourth-order valence-electron chi connectivity index (χ4n) is 0.846. The highest BCUT2D eigenvalue weighted by atomic mass is 16.6. The second-order valence-electron chi connectivity index (χ2n) is 2.84. The predicted molar refractivity (Wildman–Crippen MR) is 51.1 cm³/mol. The van der Waals surface area contributed by atoms with E-state index in [2.05, 4.69) is 6.58 Å². The Morgan fingerprint density at radius 2 is 2.00 bits per heavy atom. The van der Waals surface area contributed by atoms with Gasteiger partial charge in [-0.05, 0) is 12.5 Å². The molecule has 1 aromatic carbocycles. The lowest BCUT2D eigenvalue weighted by molar-refractivity contribution is -0.140. The molecule has 2 nitrogen and oxygen atoms in total. The first-order valence-corrected chi connectivity index (χ1v) is 4.06. The van der Waals surface area contributed by atoms with E-state index in [0.717, 1.165) is 5.56 Å². The zero-order valence-electron chi connectivity index (χ0n) is 7.62. The van der Waals surface area contributed by atoms with Crippen LogP contribution in [0.25, 0.3) is 0 Å². The molecule has 13 heavy (non-hydrogen) atoms. The van der Waals surface area contributed by atoms with E-state index in [-0.39, 0.29) is 5.97 Å². The van der Waals surface area contributed by atoms with Crippen LogP contribution in [-0.4, -0.2) is 5.97 Å². The molecule has 0 aromatic heterocycles. The highest BCUT2D eigenvalue weighted by molar-refractivity contribution is 5.86. The van der Waals surface area contributed by atoms with E-state index in [1.165, 1.54) is 0 Å². The number of benzene rings is 1. The van der Waals surface area contributed by atoms with Crippen molar-refractivity contribution in [1.29, 1.82) is 0 Å². The third-order valence-corrected chi connectivity index (χ3v) is 1.56. The molecule has 0 N–H and O–H groups in total. The van der Waals surface area contributed by atoms with E-state index in [9.17, 15) is 4.79 Å². The van der Waals surface area contributed by atoms with E-state index in [1.807, 2.05) is 30.3 Å². The molecule has 0 amide bonds. The third-order valence-electron chi connectivity index (χ3n) is 1.56. The summed E-state index contributed by atoms with van der Waals surface area (Å²) in [5.41, 5.74) is 1.41. The molecule has 68 valence electrons. The monoisotopic (exact) mass is 179 g/mol. The van der Waals surface area contributed by atoms with Crippen molar-refractivity contribution in [1.82, 2.24) is 0 Å². The maximum atomic E-state index is 11.0. The van der Waals surface area contributed by atoms with Crippen LogP contribution in [0.1, 0.15) is 12.5 Å². The Balaban J connectivity index is 2.44. The second-order valence-corrected chi connectivity index (χ2v) is 2.84. The van der Waals surface area contributed by atoms with Crippen molar-refractivity contribution in [3.05, 3.63) is 48.0 Å². The molecule has 1 rings (SSSR count). The smallest absolute Gasteiger partial charge is 0.333 e. The van der Waals surface area contributed by atoms with Crippen LogP contribution in [0.3, 0.4) is 0 Å². The molecule has 0 saturated heterocycles. The first kappa shape index (κ1) is 9.52. The summed E-state index contributed by atoms with van der Waals surface area (Å²) in [5.74, 6) is -0.344. The van der Waals surface area contributed by atoms with Crippen LogP contribution in [0.2, 0.25) is 0 Å². The number of hydrogen-bond acceptors (Lipinski definition) is 2. The van der Waals surface area contributed by atoms with Crippen molar-refractivity contribution < 1.29 is 9.53 Å². The van der Waals surface area contributed by atoms with Gasteiger partial charge in [-0.25, -0.2) is 4.79 Å². The summed E-state index contributed by atoms with van der Waals surface area (Å²) in [6.07, 6.45) is 0. The fraction of sp³-hybridized carbons (Fsp3) is 0.182. The molecule has 0 atom stereocenters. The highest BCUT2D eigenvalue weighted by Crippen LogP contribution is 2.02. The Bertz CT molecular complexity index is 301. The van der Waals surface area contributed by atoms with E-state index < -0.39 is 0 Å². The lowest BCUT2D eigenvalue weighted by Gasteiger charge is -2.03. The minimum atomic E-state index is -0.344. The van der Waals surface area contributed by atoms with Gasteiger partial charge < -0.3 is 4.74 Å². The minimum absolute atomic E-state index is 0.312. The molecule has 0 spiro atoms. The first-order chi connectivity index (χ1) is 6.20. The lowest BCUT2D eigenvalue weighted by atomic mass is 10.2. The molecule has 0 unspecified atom stereocenters. The van der Waals surface area contributed by atoms with Gasteiger partial charge in [0.25, 0.3) is 0 Å². The van der Waals surface area contributed by atoms with Crippen LogP contribution in [-0.2, 0) is 16.1 Å². The first-order valence-electron chi connectivity index (χ1n) is 4.06. The van der Waals surface area contributed by atoms with Crippen LogP contribution in [0.4, 0.5) is 0 Å². The topological polar surface area (TPSA) is 26.3 Å². The predicted octanol–water partition coefficient (Wildman–Crippen LogP) is 2.31. The number of ether oxygens (including phenoxy) is 1. The molecule has 2 heteroatoms. The van der Waals surface area contributed by atoms with Crippen LogP contribution >= 0.6 is 0 Å². The van der Waals surface area contributed by atoms with Gasteiger partial charge in [0.1, 0.15) is 6.61 Å². The molecule has 0 aliphatic carbocycles. The SMILES string of the molecule is C=[13C]([13CH3])[13C](=O)OCc1ccccc1. The van der Waals surface area contributed by atoms with Crippen molar-refractivity contribution in [2.75, 3.05) is 0 Å². The fourth-order valence-corrected chi connectivity index (χ4v) is 0.846. The average molecular weight is 179 g/mol. The zero-order valence-corrected chi connectivity index (χ0v) is 7.62. The van der Waals surface area contributed by atoms with Crippen LogP contribution in [0.5, 0.6) is 0 Å². The van der Waals surface area contributed by atoms with Crippen molar-refractivity contribution >= 4 is 5.97 Å². The Kier molecular flexibility index (Phi) is 3.26. The summed E-state index contributed by atoms with van der Waals surface area (Å²) >= 11 is 0. The van der Waals surface area contributed by atoms with Gasteiger partial charge >= 0.3 is 5.97 Å². The average Bonchev–Trinajstić information content (AvgIpc) is 2.15. The molecule has 0 aliphatic rings. The molecule has 0 aliphatic heterocycles. The molecule has 0 fully saturated rings. The second kappa shape index (κ2) is 4.45. The van der Waals surface area contributed by atoms with Gasteiger partial charge in [-0.1, -0.05) is 36.9 Å². The number of esters is 1. The molecule has 0 bridgehead atoms. The Morgan fingerprint density at radius 3 is 2.54 bits per heavy atom. The number of carbonyl (C=O) groups is 1. The summed E-state index contributed by atoms with van der Waals surface area (Å²) in [6.45, 7) is 5.44. The van der Waals surface area contributed by atoms with Crippen molar-refractivity contribution in [2.24, 2.45) is 0 Å². The van der Waals surface area contributed by atoms with E-state index in [0.29, 0.717) is 12.2 Å². The van der Waals surface area contributed by atoms with Crippen molar-refractivity contribution in [3.8, 4) is 0 Å². The zero-order chi connectivity index (χ0) is 9.68. The van der Waals surface area contributed by atoms with Gasteiger partial charge in [-0.2, -0.15) is 0 Å².